The van der Waals surface area contributed by atoms with Gasteiger partial charge in [-0.1, -0.05) is 0 Å². The van der Waals surface area contributed by atoms with Crippen LogP contribution in [0.1, 0.15) is 29.1 Å². The molecule has 0 aromatic carbocycles. The number of aromatic nitrogens is 2. The van der Waals surface area contributed by atoms with E-state index in [9.17, 15) is 4.79 Å². The van der Waals surface area contributed by atoms with E-state index in [1.807, 2.05) is 20.9 Å². The molecule has 0 amide bonds. The van der Waals surface area contributed by atoms with E-state index in [2.05, 4.69) is 20.2 Å². The number of aromatic amines is 1. The van der Waals surface area contributed by atoms with Crippen molar-refractivity contribution in [3.63, 3.8) is 0 Å². The first-order valence-corrected chi connectivity index (χ1v) is 8.29. The van der Waals surface area contributed by atoms with Crippen LogP contribution in [0.3, 0.4) is 0 Å². The van der Waals surface area contributed by atoms with Crippen molar-refractivity contribution in [2.45, 2.75) is 39.3 Å². The van der Waals surface area contributed by atoms with Crippen LogP contribution in [0.2, 0.25) is 0 Å². The van der Waals surface area contributed by atoms with Gasteiger partial charge < -0.3 is 10.3 Å². The minimum atomic E-state index is 0. The molecule has 2 aromatic rings. The number of aryl methyl sites for hydroxylation is 2. The summed E-state index contributed by atoms with van der Waals surface area (Å²) < 4.78 is 0. The second-order valence-corrected chi connectivity index (χ2v) is 7.00. The molecule has 1 aliphatic rings. The molecule has 1 fully saturated rings. The monoisotopic (exact) mass is 342 g/mol. The SMILES string of the molecule is CNCC1CCCN1Cc1nc2sc(C)c(C)c2c(=O)[nH]1.Cl. The van der Waals surface area contributed by atoms with Gasteiger partial charge in [-0.25, -0.2) is 4.98 Å². The molecule has 0 spiro atoms. The van der Waals surface area contributed by atoms with E-state index in [1.54, 1.807) is 11.3 Å². The van der Waals surface area contributed by atoms with Gasteiger partial charge in [0.2, 0.25) is 0 Å². The second-order valence-electron chi connectivity index (χ2n) is 5.80. The zero-order chi connectivity index (χ0) is 15.0. The van der Waals surface area contributed by atoms with Crippen LogP contribution < -0.4 is 10.9 Å². The number of hydrogen-bond acceptors (Lipinski definition) is 5. The lowest BCUT2D eigenvalue weighted by molar-refractivity contribution is 0.236. The van der Waals surface area contributed by atoms with Crippen LogP contribution in [-0.2, 0) is 6.54 Å². The first-order valence-electron chi connectivity index (χ1n) is 7.47. The third-order valence-electron chi connectivity index (χ3n) is 4.38. The zero-order valence-corrected chi connectivity index (χ0v) is 14.9. The summed E-state index contributed by atoms with van der Waals surface area (Å²) in [6, 6.07) is 0.544. The quantitative estimate of drug-likeness (QED) is 0.894. The van der Waals surface area contributed by atoms with E-state index in [1.165, 1.54) is 17.7 Å². The van der Waals surface area contributed by atoms with Gasteiger partial charge in [-0.15, -0.1) is 23.7 Å². The van der Waals surface area contributed by atoms with E-state index in [4.69, 9.17) is 0 Å². The van der Waals surface area contributed by atoms with Gasteiger partial charge in [-0.3, -0.25) is 9.69 Å². The Hall–Kier alpha value is -0.950. The average Bonchev–Trinajstić information content (AvgIpc) is 2.96. The van der Waals surface area contributed by atoms with Crippen LogP contribution in [0.5, 0.6) is 0 Å². The van der Waals surface area contributed by atoms with Crippen molar-refractivity contribution in [1.29, 1.82) is 0 Å². The summed E-state index contributed by atoms with van der Waals surface area (Å²) in [5.74, 6) is 0.789. The molecule has 7 heteroatoms. The first kappa shape index (κ1) is 17.4. The van der Waals surface area contributed by atoms with Crippen molar-refractivity contribution < 1.29 is 0 Å². The van der Waals surface area contributed by atoms with Crippen LogP contribution >= 0.6 is 23.7 Å². The largest absolute Gasteiger partial charge is 0.318 e. The fraction of sp³-hybridized carbons (Fsp3) is 0.600. The maximum atomic E-state index is 12.3. The predicted molar refractivity (Wildman–Crippen MR) is 94.3 cm³/mol. The number of thiophene rings is 1. The molecule has 1 saturated heterocycles. The Morgan fingerprint density at radius 3 is 2.95 bits per heavy atom. The van der Waals surface area contributed by atoms with Crippen molar-refractivity contribution in [2.24, 2.45) is 0 Å². The van der Waals surface area contributed by atoms with E-state index in [-0.39, 0.29) is 18.0 Å². The lowest BCUT2D eigenvalue weighted by atomic mass is 10.2. The molecule has 0 bridgehead atoms. The molecule has 0 saturated carbocycles. The third kappa shape index (κ3) is 3.20. The maximum Gasteiger partial charge on any atom is 0.259 e. The molecule has 2 N–H and O–H groups in total. The Kier molecular flexibility index (Phi) is 5.60. The molecule has 1 unspecified atom stereocenters. The number of likely N-dealkylation sites (tertiary alicyclic amines) is 1. The Morgan fingerprint density at radius 2 is 2.23 bits per heavy atom. The second kappa shape index (κ2) is 7.08. The van der Waals surface area contributed by atoms with Crippen molar-refractivity contribution in [3.05, 3.63) is 26.6 Å². The zero-order valence-electron chi connectivity index (χ0n) is 13.2. The molecular weight excluding hydrogens is 320 g/mol. The molecule has 3 rings (SSSR count). The van der Waals surface area contributed by atoms with Crippen molar-refractivity contribution >= 4 is 34.0 Å². The molecule has 0 aliphatic carbocycles. The number of hydrogen-bond donors (Lipinski definition) is 2. The Bertz CT molecular complexity index is 711. The smallest absolute Gasteiger partial charge is 0.259 e. The molecule has 0 radical (unpaired) electrons. The normalized spacial score (nSPS) is 18.8. The molecular formula is C15H23ClN4OS. The summed E-state index contributed by atoms with van der Waals surface area (Å²) in [5.41, 5.74) is 1.06. The Balaban J connectivity index is 0.00000176. The minimum Gasteiger partial charge on any atom is -0.318 e. The maximum absolute atomic E-state index is 12.3. The van der Waals surface area contributed by atoms with Gasteiger partial charge in [0, 0.05) is 17.5 Å². The minimum absolute atomic E-state index is 0. The molecule has 3 heterocycles. The molecule has 2 aromatic heterocycles. The Morgan fingerprint density at radius 1 is 1.45 bits per heavy atom. The number of fused-ring (bicyclic) bond motifs is 1. The van der Waals surface area contributed by atoms with Gasteiger partial charge in [0.1, 0.15) is 10.7 Å². The highest BCUT2D eigenvalue weighted by atomic mass is 35.5. The van der Waals surface area contributed by atoms with Crippen LogP contribution in [0.4, 0.5) is 0 Å². The third-order valence-corrected chi connectivity index (χ3v) is 5.48. The Labute approximate surface area is 140 Å². The molecule has 5 nitrogen and oxygen atoms in total. The standard InChI is InChI=1S/C15H22N4OS.ClH/c1-9-10(2)21-15-13(9)14(20)17-12(18-15)8-19-6-4-5-11(19)7-16-3;/h11,16H,4-8H2,1-3H3,(H,17,18,20);1H. The number of likely N-dealkylation sites (N-methyl/N-ethyl adjacent to an activating group) is 1. The van der Waals surface area contributed by atoms with Gasteiger partial charge in [-0.2, -0.15) is 0 Å². The summed E-state index contributed by atoms with van der Waals surface area (Å²) in [6.45, 7) is 6.84. The van der Waals surface area contributed by atoms with E-state index in [0.29, 0.717) is 6.04 Å². The highest BCUT2D eigenvalue weighted by Gasteiger charge is 2.24. The highest BCUT2D eigenvalue weighted by molar-refractivity contribution is 7.18. The van der Waals surface area contributed by atoms with Crippen LogP contribution in [0, 0.1) is 13.8 Å². The number of H-pyrrole nitrogens is 1. The van der Waals surface area contributed by atoms with Gasteiger partial charge in [0.05, 0.1) is 11.9 Å². The van der Waals surface area contributed by atoms with E-state index < -0.39 is 0 Å². The van der Waals surface area contributed by atoms with Crippen molar-refractivity contribution in [2.75, 3.05) is 20.1 Å². The number of nitrogens with one attached hydrogen (secondary N) is 2. The van der Waals surface area contributed by atoms with Gasteiger partial charge in [0.15, 0.2) is 0 Å². The number of nitrogens with zero attached hydrogens (tertiary/aromatic N) is 2. The summed E-state index contributed by atoms with van der Waals surface area (Å²) in [4.78, 5) is 24.4. The fourth-order valence-electron chi connectivity index (χ4n) is 3.14. The van der Waals surface area contributed by atoms with E-state index >= 15 is 0 Å². The van der Waals surface area contributed by atoms with Gasteiger partial charge in [0.25, 0.3) is 5.56 Å². The number of halogens is 1. The summed E-state index contributed by atoms with van der Waals surface area (Å²) in [6.07, 6.45) is 2.43. The lowest BCUT2D eigenvalue weighted by Gasteiger charge is -2.23. The van der Waals surface area contributed by atoms with E-state index in [0.717, 1.165) is 41.2 Å². The summed E-state index contributed by atoms with van der Waals surface area (Å²) >= 11 is 1.61. The van der Waals surface area contributed by atoms with Crippen LogP contribution in [0.15, 0.2) is 4.79 Å². The molecule has 1 aliphatic heterocycles. The van der Waals surface area contributed by atoms with Crippen molar-refractivity contribution in [1.82, 2.24) is 20.2 Å². The lowest BCUT2D eigenvalue weighted by Crippen LogP contribution is -2.37. The van der Waals surface area contributed by atoms with Crippen LogP contribution in [-0.4, -0.2) is 41.0 Å². The molecule has 122 valence electrons. The summed E-state index contributed by atoms with van der Waals surface area (Å²) in [5, 5.41) is 4.00. The highest BCUT2D eigenvalue weighted by Crippen LogP contribution is 2.26. The first-order chi connectivity index (χ1) is 10.1. The topological polar surface area (TPSA) is 61.0 Å². The molecule has 1 atom stereocenters. The average molecular weight is 343 g/mol. The van der Waals surface area contributed by atoms with Crippen LogP contribution in [0.25, 0.3) is 10.2 Å². The summed E-state index contributed by atoms with van der Waals surface area (Å²) in [7, 11) is 1.99. The van der Waals surface area contributed by atoms with Crippen molar-refractivity contribution in [3.8, 4) is 0 Å². The number of rotatable bonds is 4. The predicted octanol–water partition coefficient (Wildman–Crippen LogP) is 2.21. The fourth-order valence-corrected chi connectivity index (χ4v) is 4.19. The van der Waals surface area contributed by atoms with Gasteiger partial charge >= 0.3 is 0 Å². The van der Waals surface area contributed by atoms with Gasteiger partial charge in [-0.05, 0) is 45.8 Å². The molecule has 22 heavy (non-hydrogen) atoms.